The molecule has 6 heteroatoms. The Labute approximate surface area is 160 Å². The lowest BCUT2D eigenvalue weighted by molar-refractivity contribution is 0.319. The van der Waals surface area contributed by atoms with E-state index in [0.717, 1.165) is 18.5 Å². The van der Waals surface area contributed by atoms with Gasteiger partial charge in [0.05, 0.1) is 21.3 Å². The van der Waals surface area contributed by atoms with Gasteiger partial charge in [0.2, 0.25) is 5.75 Å². The number of benzene rings is 2. The molecule has 2 aromatic carbocycles. The molecule has 2 rings (SSSR count). The quantitative estimate of drug-likeness (QED) is 0.716. The second-order valence-corrected chi connectivity index (χ2v) is 6.20. The van der Waals surface area contributed by atoms with E-state index in [2.05, 4.69) is 17.4 Å². The largest absolute Gasteiger partial charge is 0.493 e. The van der Waals surface area contributed by atoms with Crippen LogP contribution < -0.4 is 19.5 Å². The lowest BCUT2D eigenvalue weighted by Crippen LogP contribution is -2.37. The van der Waals surface area contributed by atoms with E-state index < -0.39 is 0 Å². The molecule has 0 aliphatic heterocycles. The molecule has 0 bridgehead atoms. The molecule has 1 N–H and O–H groups in total. The molecule has 0 aliphatic carbocycles. The summed E-state index contributed by atoms with van der Waals surface area (Å²) in [5.41, 5.74) is 2.26. The minimum absolute atomic E-state index is 0.587. The summed E-state index contributed by atoms with van der Waals surface area (Å²) >= 11 is 5.50. The molecule has 0 saturated carbocycles. The number of ether oxygens (including phenoxy) is 3. The normalized spacial score (nSPS) is 10.2. The highest BCUT2D eigenvalue weighted by Gasteiger charge is 2.17. The van der Waals surface area contributed by atoms with Crippen LogP contribution in [0.5, 0.6) is 17.2 Å². The summed E-state index contributed by atoms with van der Waals surface area (Å²) in [7, 11) is 6.78. The Balaban J connectivity index is 1.97. The van der Waals surface area contributed by atoms with Crippen molar-refractivity contribution < 1.29 is 14.2 Å². The lowest BCUT2D eigenvalue weighted by Gasteiger charge is -2.23. The van der Waals surface area contributed by atoms with Gasteiger partial charge in [-0.05, 0) is 36.3 Å². The minimum atomic E-state index is 0.587. The van der Waals surface area contributed by atoms with Crippen LogP contribution in [0.15, 0.2) is 42.5 Å². The molecule has 0 unspecified atom stereocenters. The number of hydrogen-bond acceptors (Lipinski definition) is 4. The molecule has 5 nitrogen and oxygen atoms in total. The van der Waals surface area contributed by atoms with E-state index in [9.17, 15) is 0 Å². The Morgan fingerprint density at radius 1 is 0.962 bits per heavy atom. The molecular weight excluding hydrogens is 348 g/mol. The van der Waals surface area contributed by atoms with Crippen LogP contribution in [0.25, 0.3) is 0 Å². The van der Waals surface area contributed by atoms with Crippen molar-refractivity contribution in [1.82, 2.24) is 10.2 Å². The fourth-order valence-corrected chi connectivity index (χ4v) is 2.88. The number of thiocarbonyl (C=S) groups is 1. The third-order valence-corrected chi connectivity index (χ3v) is 4.53. The van der Waals surface area contributed by atoms with Gasteiger partial charge in [-0.25, -0.2) is 0 Å². The van der Waals surface area contributed by atoms with E-state index in [1.54, 1.807) is 21.3 Å². The third-order valence-electron chi connectivity index (χ3n) is 4.07. The Hall–Kier alpha value is -2.47. The molecule has 26 heavy (non-hydrogen) atoms. The van der Waals surface area contributed by atoms with Crippen molar-refractivity contribution in [2.75, 3.05) is 34.9 Å². The highest BCUT2D eigenvalue weighted by molar-refractivity contribution is 7.80. The van der Waals surface area contributed by atoms with Gasteiger partial charge < -0.3 is 24.4 Å². The van der Waals surface area contributed by atoms with Crippen molar-refractivity contribution in [2.45, 2.75) is 13.0 Å². The zero-order chi connectivity index (χ0) is 18.9. The van der Waals surface area contributed by atoms with Crippen LogP contribution in [0.2, 0.25) is 0 Å². The first-order valence-electron chi connectivity index (χ1n) is 8.41. The van der Waals surface area contributed by atoms with Gasteiger partial charge in [0.15, 0.2) is 16.6 Å². The summed E-state index contributed by atoms with van der Waals surface area (Å²) in [5, 5.41) is 3.99. The Kier molecular flexibility index (Phi) is 7.53. The van der Waals surface area contributed by atoms with Crippen LogP contribution in [0.1, 0.15) is 11.1 Å². The van der Waals surface area contributed by atoms with Crippen LogP contribution in [0.4, 0.5) is 0 Å². The summed E-state index contributed by atoms with van der Waals surface area (Å²) in [6.45, 7) is 1.39. The molecule has 0 fully saturated rings. The average molecular weight is 375 g/mol. The van der Waals surface area contributed by atoms with Crippen LogP contribution in [-0.4, -0.2) is 44.9 Å². The van der Waals surface area contributed by atoms with Crippen molar-refractivity contribution >= 4 is 17.3 Å². The predicted octanol–water partition coefficient (Wildman–Crippen LogP) is 3.26. The average Bonchev–Trinajstić information content (AvgIpc) is 2.68. The van der Waals surface area contributed by atoms with E-state index in [1.807, 2.05) is 42.3 Å². The van der Waals surface area contributed by atoms with Crippen molar-refractivity contribution in [2.24, 2.45) is 0 Å². The van der Waals surface area contributed by atoms with Gasteiger partial charge in [-0.2, -0.15) is 0 Å². The molecule has 0 radical (unpaired) electrons. The molecule has 0 heterocycles. The highest BCUT2D eigenvalue weighted by atomic mass is 32.1. The van der Waals surface area contributed by atoms with E-state index in [4.69, 9.17) is 26.4 Å². The highest BCUT2D eigenvalue weighted by Crippen LogP contribution is 2.40. The summed E-state index contributed by atoms with van der Waals surface area (Å²) < 4.78 is 16.3. The SMILES string of the molecule is COc1ccc(CN(C)C(=S)NCCc2ccccc2)c(OC)c1OC. The molecule has 0 aliphatic rings. The van der Waals surface area contributed by atoms with Gasteiger partial charge in [-0.3, -0.25) is 0 Å². The second kappa shape index (κ2) is 9.87. The van der Waals surface area contributed by atoms with Crippen LogP contribution in [-0.2, 0) is 13.0 Å². The summed E-state index contributed by atoms with van der Waals surface area (Å²) in [4.78, 5) is 1.98. The first kappa shape index (κ1) is 19.8. The Bertz CT molecular complexity index is 722. The first-order chi connectivity index (χ1) is 12.6. The number of methoxy groups -OCH3 is 3. The molecule has 140 valence electrons. The molecule has 0 saturated heterocycles. The second-order valence-electron chi connectivity index (χ2n) is 5.82. The van der Waals surface area contributed by atoms with Crippen LogP contribution in [0.3, 0.4) is 0 Å². The zero-order valence-electron chi connectivity index (χ0n) is 15.7. The Morgan fingerprint density at radius 3 is 2.27 bits per heavy atom. The van der Waals surface area contributed by atoms with Gasteiger partial charge in [-0.15, -0.1) is 0 Å². The lowest BCUT2D eigenvalue weighted by atomic mass is 10.1. The monoisotopic (exact) mass is 374 g/mol. The number of rotatable bonds is 8. The Morgan fingerprint density at radius 2 is 1.65 bits per heavy atom. The van der Waals surface area contributed by atoms with E-state index >= 15 is 0 Å². The molecule has 0 spiro atoms. The van der Waals surface area contributed by atoms with Gasteiger partial charge in [0.1, 0.15) is 0 Å². The van der Waals surface area contributed by atoms with Gasteiger partial charge in [-0.1, -0.05) is 30.3 Å². The van der Waals surface area contributed by atoms with E-state index in [0.29, 0.717) is 28.9 Å². The topological polar surface area (TPSA) is 43.0 Å². The maximum atomic E-state index is 5.53. The standard InChI is InChI=1S/C20H26N2O3S/c1-22(20(26)21-13-12-15-8-6-5-7-9-15)14-16-10-11-17(23-2)19(25-4)18(16)24-3/h5-11H,12-14H2,1-4H3,(H,21,26). The van der Waals surface area contributed by atoms with Gasteiger partial charge in [0.25, 0.3) is 0 Å². The number of nitrogens with one attached hydrogen (secondary N) is 1. The van der Waals surface area contributed by atoms with Crippen molar-refractivity contribution in [3.8, 4) is 17.2 Å². The van der Waals surface area contributed by atoms with Crippen LogP contribution in [0, 0.1) is 0 Å². The fraction of sp³-hybridized carbons (Fsp3) is 0.350. The zero-order valence-corrected chi connectivity index (χ0v) is 16.6. The molecular formula is C20H26N2O3S. The van der Waals surface area contributed by atoms with Crippen molar-refractivity contribution in [3.05, 3.63) is 53.6 Å². The predicted molar refractivity (Wildman–Crippen MR) is 108 cm³/mol. The first-order valence-corrected chi connectivity index (χ1v) is 8.82. The maximum Gasteiger partial charge on any atom is 0.203 e. The van der Waals surface area contributed by atoms with Crippen molar-refractivity contribution in [1.29, 1.82) is 0 Å². The van der Waals surface area contributed by atoms with Gasteiger partial charge in [0, 0.05) is 25.7 Å². The minimum Gasteiger partial charge on any atom is -0.493 e. The third kappa shape index (κ3) is 5.02. The smallest absolute Gasteiger partial charge is 0.203 e. The molecule has 0 aromatic heterocycles. The number of hydrogen-bond donors (Lipinski definition) is 1. The summed E-state index contributed by atoms with van der Waals surface area (Å²) in [6, 6.07) is 14.2. The summed E-state index contributed by atoms with van der Waals surface area (Å²) in [6.07, 6.45) is 0.925. The molecule has 2 aromatic rings. The van der Waals surface area contributed by atoms with Crippen molar-refractivity contribution in [3.63, 3.8) is 0 Å². The maximum absolute atomic E-state index is 5.53. The van der Waals surface area contributed by atoms with Gasteiger partial charge >= 0.3 is 0 Å². The summed E-state index contributed by atoms with van der Waals surface area (Å²) in [5.74, 6) is 1.88. The van der Waals surface area contributed by atoms with Crippen LogP contribution >= 0.6 is 12.2 Å². The van der Waals surface area contributed by atoms with E-state index in [1.165, 1.54) is 5.56 Å². The fourth-order valence-electron chi connectivity index (χ4n) is 2.71. The molecule has 0 amide bonds. The van der Waals surface area contributed by atoms with E-state index in [-0.39, 0.29) is 0 Å². The number of nitrogens with zero attached hydrogens (tertiary/aromatic N) is 1. The molecule has 0 atom stereocenters.